The van der Waals surface area contributed by atoms with E-state index in [0.29, 0.717) is 11.3 Å². The number of nitrogens with one attached hydrogen (secondary N) is 2. The zero-order valence-corrected chi connectivity index (χ0v) is 15.4. The van der Waals surface area contributed by atoms with Gasteiger partial charge in [-0.25, -0.2) is 4.79 Å². The molecule has 6 heteroatoms. The van der Waals surface area contributed by atoms with Crippen molar-refractivity contribution in [3.8, 4) is 0 Å². The zero-order chi connectivity index (χ0) is 18.4. The van der Waals surface area contributed by atoms with Crippen molar-refractivity contribution in [3.05, 3.63) is 29.3 Å². The number of aliphatic hydroxyl groups is 1. The van der Waals surface area contributed by atoms with Crippen LogP contribution in [-0.2, 0) is 0 Å². The molecule has 0 aliphatic heterocycles. The Morgan fingerprint density at radius 3 is 2.40 bits per heavy atom. The molecule has 0 bridgehead atoms. The Balaban J connectivity index is 1.97. The maximum absolute atomic E-state index is 12.2. The molecule has 1 aliphatic rings. The fraction of sp³-hybridized carbons (Fsp3) is 0.579. The molecule has 25 heavy (non-hydrogen) atoms. The van der Waals surface area contributed by atoms with Crippen LogP contribution in [0.4, 0.5) is 10.5 Å². The van der Waals surface area contributed by atoms with Crippen LogP contribution < -0.4 is 10.6 Å². The van der Waals surface area contributed by atoms with E-state index in [1.54, 1.807) is 26.2 Å². The third-order valence-electron chi connectivity index (χ3n) is 4.75. The SMILES string of the molecule is Cc1ccc(C(=O)N(C)C)cc1NC(=O)NCC1(O)CCCCCC1. The zero-order valence-electron chi connectivity index (χ0n) is 15.4. The highest BCUT2D eigenvalue weighted by Gasteiger charge is 2.28. The van der Waals surface area contributed by atoms with Gasteiger partial charge in [-0.15, -0.1) is 0 Å². The second-order valence-corrected chi connectivity index (χ2v) is 7.18. The van der Waals surface area contributed by atoms with Crippen LogP contribution in [0.15, 0.2) is 18.2 Å². The Morgan fingerprint density at radius 2 is 1.80 bits per heavy atom. The highest BCUT2D eigenvalue weighted by molar-refractivity contribution is 5.97. The van der Waals surface area contributed by atoms with Gasteiger partial charge in [-0.3, -0.25) is 4.79 Å². The van der Waals surface area contributed by atoms with Gasteiger partial charge in [0.05, 0.1) is 5.60 Å². The molecule has 1 fully saturated rings. The Hall–Kier alpha value is -2.08. The van der Waals surface area contributed by atoms with Gasteiger partial charge < -0.3 is 20.6 Å². The number of amides is 3. The molecule has 138 valence electrons. The number of nitrogens with zero attached hydrogens (tertiary/aromatic N) is 1. The molecule has 1 aliphatic carbocycles. The van der Waals surface area contributed by atoms with Crippen LogP contribution in [0.2, 0.25) is 0 Å². The molecule has 6 nitrogen and oxygen atoms in total. The van der Waals surface area contributed by atoms with Crippen molar-refractivity contribution in [2.24, 2.45) is 0 Å². The molecular weight excluding hydrogens is 318 g/mol. The molecule has 1 aromatic carbocycles. The molecule has 1 saturated carbocycles. The highest BCUT2D eigenvalue weighted by Crippen LogP contribution is 2.26. The first kappa shape index (κ1) is 19.2. The smallest absolute Gasteiger partial charge is 0.319 e. The van der Waals surface area contributed by atoms with Crippen LogP contribution in [0, 0.1) is 6.92 Å². The average molecular weight is 347 g/mol. The van der Waals surface area contributed by atoms with E-state index < -0.39 is 5.60 Å². The number of hydrogen-bond acceptors (Lipinski definition) is 3. The number of rotatable bonds is 4. The molecule has 3 amide bonds. The monoisotopic (exact) mass is 347 g/mol. The molecule has 0 spiro atoms. The van der Waals surface area contributed by atoms with Crippen LogP contribution in [0.5, 0.6) is 0 Å². The molecule has 0 atom stereocenters. The van der Waals surface area contributed by atoms with Crippen LogP contribution in [0.1, 0.15) is 54.4 Å². The Kier molecular flexibility index (Phi) is 6.42. The summed E-state index contributed by atoms with van der Waals surface area (Å²) >= 11 is 0. The molecule has 0 radical (unpaired) electrons. The van der Waals surface area contributed by atoms with Crippen LogP contribution in [-0.4, -0.2) is 48.2 Å². The molecule has 3 N–H and O–H groups in total. The normalized spacial score (nSPS) is 16.6. The summed E-state index contributed by atoms with van der Waals surface area (Å²) in [6, 6.07) is 4.87. The molecule has 0 aromatic heterocycles. The first-order chi connectivity index (χ1) is 11.8. The van der Waals surface area contributed by atoms with Crippen molar-refractivity contribution in [2.75, 3.05) is 26.0 Å². The van der Waals surface area contributed by atoms with Crippen molar-refractivity contribution in [1.29, 1.82) is 0 Å². The summed E-state index contributed by atoms with van der Waals surface area (Å²) in [4.78, 5) is 25.8. The highest BCUT2D eigenvalue weighted by atomic mass is 16.3. The number of carbonyl (C=O) groups excluding carboxylic acids is 2. The average Bonchev–Trinajstić information content (AvgIpc) is 2.79. The topological polar surface area (TPSA) is 81.7 Å². The van der Waals surface area contributed by atoms with Gasteiger partial charge in [0.1, 0.15) is 0 Å². The third-order valence-corrected chi connectivity index (χ3v) is 4.75. The number of hydrogen-bond donors (Lipinski definition) is 3. The van der Waals surface area contributed by atoms with E-state index in [4.69, 9.17) is 0 Å². The summed E-state index contributed by atoms with van der Waals surface area (Å²) in [7, 11) is 3.38. The number of urea groups is 1. The van der Waals surface area contributed by atoms with E-state index in [1.165, 1.54) is 4.90 Å². The Bertz CT molecular complexity index is 620. The lowest BCUT2D eigenvalue weighted by Gasteiger charge is -2.27. The van der Waals surface area contributed by atoms with Gasteiger partial charge in [-0.2, -0.15) is 0 Å². The maximum Gasteiger partial charge on any atom is 0.319 e. The number of carbonyl (C=O) groups is 2. The minimum absolute atomic E-state index is 0.115. The lowest BCUT2D eigenvalue weighted by Crippen LogP contribution is -2.44. The van der Waals surface area contributed by atoms with Crippen molar-refractivity contribution in [1.82, 2.24) is 10.2 Å². The van der Waals surface area contributed by atoms with Crippen LogP contribution >= 0.6 is 0 Å². The quantitative estimate of drug-likeness (QED) is 0.733. The second-order valence-electron chi connectivity index (χ2n) is 7.18. The van der Waals surface area contributed by atoms with E-state index in [-0.39, 0.29) is 18.5 Å². The van der Waals surface area contributed by atoms with E-state index >= 15 is 0 Å². The minimum atomic E-state index is -0.814. The molecule has 0 heterocycles. The minimum Gasteiger partial charge on any atom is -0.388 e. The summed E-state index contributed by atoms with van der Waals surface area (Å²) in [5.41, 5.74) is 1.18. The number of anilines is 1. The lowest BCUT2D eigenvalue weighted by atomic mass is 9.94. The summed E-state index contributed by atoms with van der Waals surface area (Å²) in [5, 5.41) is 16.2. The standard InChI is InChI=1S/C19H29N3O3/c1-14-8-9-15(17(23)22(2)3)12-16(14)21-18(24)20-13-19(25)10-6-4-5-7-11-19/h8-9,12,25H,4-7,10-11,13H2,1-3H3,(H2,20,21,24). The van der Waals surface area contributed by atoms with Gasteiger partial charge in [0.15, 0.2) is 0 Å². The van der Waals surface area contributed by atoms with E-state index in [1.807, 2.05) is 13.0 Å². The van der Waals surface area contributed by atoms with Gasteiger partial charge in [0.25, 0.3) is 5.91 Å². The first-order valence-corrected chi connectivity index (χ1v) is 8.90. The summed E-state index contributed by atoms with van der Waals surface area (Å²) in [6.07, 6.45) is 5.71. The van der Waals surface area contributed by atoms with Gasteiger partial charge in [-0.05, 0) is 37.5 Å². The summed E-state index contributed by atoms with van der Waals surface area (Å²) < 4.78 is 0. The second kappa shape index (κ2) is 8.34. The predicted octanol–water partition coefficient (Wildman–Crippen LogP) is 2.90. The Labute approximate surface area is 149 Å². The molecule has 1 aromatic rings. The maximum atomic E-state index is 12.2. The number of aryl methyl sites for hydroxylation is 1. The van der Waals surface area contributed by atoms with Gasteiger partial charge >= 0.3 is 6.03 Å². The van der Waals surface area contributed by atoms with Crippen LogP contribution in [0.3, 0.4) is 0 Å². The van der Waals surface area contributed by atoms with Crippen molar-refractivity contribution >= 4 is 17.6 Å². The first-order valence-electron chi connectivity index (χ1n) is 8.90. The van der Waals surface area contributed by atoms with Crippen molar-refractivity contribution in [3.63, 3.8) is 0 Å². The third kappa shape index (κ3) is 5.46. The van der Waals surface area contributed by atoms with Crippen molar-refractivity contribution < 1.29 is 14.7 Å². The van der Waals surface area contributed by atoms with E-state index in [9.17, 15) is 14.7 Å². The van der Waals surface area contributed by atoms with Gasteiger partial charge in [-0.1, -0.05) is 31.7 Å². The number of benzene rings is 1. The van der Waals surface area contributed by atoms with E-state index in [2.05, 4.69) is 10.6 Å². The largest absolute Gasteiger partial charge is 0.388 e. The summed E-state index contributed by atoms with van der Waals surface area (Å²) in [6.45, 7) is 2.12. The molecular formula is C19H29N3O3. The van der Waals surface area contributed by atoms with E-state index in [0.717, 1.165) is 44.1 Å². The lowest BCUT2D eigenvalue weighted by molar-refractivity contribution is 0.0281. The summed E-state index contributed by atoms with van der Waals surface area (Å²) in [5.74, 6) is -0.115. The molecule has 0 unspecified atom stereocenters. The fourth-order valence-corrected chi connectivity index (χ4v) is 3.12. The van der Waals surface area contributed by atoms with Gasteiger partial charge in [0.2, 0.25) is 0 Å². The predicted molar refractivity (Wildman–Crippen MR) is 98.9 cm³/mol. The molecule has 2 rings (SSSR count). The Morgan fingerprint density at radius 1 is 1.16 bits per heavy atom. The van der Waals surface area contributed by atoms with Crippen LogP contribution in [0.25, 0.3) is 0 Å². The molecule has 0 saturated heterocycles. The fourth-order valence-electron chi connectivity index (χ4n) is 3.12. The van der Waals surface area contributed by atoms with Crippen molar-refractivity contribution in [2.45, 2.75) is 51.0 Å². The van der Waals surface area contributed by atoms with Gasteiger partial charge in [0, 0.05) is 31.9 Å².